The summed E-state index contributed by atoms with van der Waals surface area (Å²) in [6, 6.07) is 8.75. The van der Waals surface area contributed by atoms with Crippen LogP contribution in [0.25, 0.3) is 0 Å². The number of esters is 1. The van der Waals surface area contributed by atoms with Crippen molar-refractivity contribution in [1.82, 2.24) is 9.80 Å². The van der Waals surface area contributed by atoms with Crippen molar-refractivity contribution in [2.24, 2.45) is 5.92 Å². The number of phenolic OH excluding ortho intramolecular Hbond substituents is 1. The van der Waals surface area contributed by atoms with E-state index in [9.17, 15) is 14.7 Å². The van der Waals surface area contributed by atoms with Crippen LogP contribution in [0.2, 0.25) is 10.0 Å². The topological polar surface area (TPSA) is 79.3 Å². The summed E-state index contributed by atoms with van der Waals surface area (Å²) in [6.45, 7) is 3.38. The molecule has 3 aliphatic carbocycles. The highest BCUT2D eigenvalue weighted by atomic mass is 35.5. The number of rotatable bonds is 6. The van der Waals surface area contributed by atoms with Gasteiger partial charge in [0.2, 0.25) is 5.91 Å². The fourth-order valence-electron chi connectivity index (χ4n) is 8.42. The molecule has 7 rings (SSSR count). The van der Waals surface area contributed by atoms with E-state index < -0.39 is 17.1 Å². The smallest absolute Gasteiger partial charge is 0.303 e. The average molecular weight is 622 g/mol. The lowest BCUT2D eigenvalue weighted by Gasteiger charge is -2.65. The van der Waals surface area contributed by atoms with Gasteiger partial charge in [0, 0.05) is 26.1 Å². The molecular formula is C31H35Cl3N2O5. The van der Waals surface area contributed by atoms with Crippen LogP contribution in [-0.2, 0) is 32.6 Å². The van der Waals surface area contributed by atoms with Crippen molar-refractivity contribution in [2.45, 2.75) is 81.1 Å². The van der Waals surface area contributed by atoms with Crippen molar-refractivity contribution in [1.29, 1.82) is 0 Å². The Balaban J connectivity index is 0.00000302. The van der Waals surface area contributed by atoms with E-state index in [0.29, 0.717) is 34.6 Å². The first-order valence-electron chi connectivity index (χ1n) is 14.3. The van der Waals surface area contributed by atoms with Crippen molar-refractivity contribution in [3.8, 4) is 11.5 Å². The highest BCUT2D eigenvalue weighted by molar-refractivity contribution is 6.42. The van der Waals surface area contributed by atoms with Gasteiger partial charge in [-0.1, -0.05) is 35.3 Å². The number of aromatic hydroxyl groups is 1. The van der Waals surface area contributed by atoms with E-state index in [4.69, 9.17) is 32.7 Å². The number of benzene rings is 2. The molecular weight excluding hydrogens is 587 g/mol. The monoisotopic (exact) mass is 620 g/mol. The van der Waals surface area contributed by atoms with E-state index in [-0.39, 0.29) is 48.5 Å². The lowest BCUT2D eigenvalue weighted by Crippen LogP contribution is -2.79. The van der Waals surface area contributed by atoms with Gasteiger partial charge in [0.15, 0.2) is 11.5 Å². The molecule has 2 saturated carbocycles. The van der Waals surface area contributed by atoms with Crippen LogP contribution in [0.1, 0.15) is 55.7 Å². The van der Waals surface area contributed by atoms with Crippen LogP contribution in [0, 0.1) is 5.92 Å². The number of likely N-dealkylation sites (N-methyl/N-ethyl adjacent to an activating group) is 1. The van der Waals surface area contributed by atoms with Crippen molar-refractivity contribution in [3.63, 3.8) is 0 Å². The minimum absolute atomic E-state index is 0. The highest BCUT2D eigenvalue weighted by Gasteiger charge is 2.75. The number of amides is 1. The summed E-state index contributed by atoms with van der Waals surface area (Å²) in [5, 5.41) is 11.9. The average Bonchev–Trinajstić information content (AvgIpc) is 3.65. The molecule has 1 N–H and O–H groups in total. The normalized spacial score (nSPS) is 31.0. The predicted octanol–water partition coefficient (Wildman–Crippen LogP) is 5.33. The molecule has 1 spiro atoms. The molecule has 2 bridgehead atoms. The molecule has 2 aliphatic heterocycles. The molecule has 10 heteroatoms. The maximum atomic E-state index is 13.7. The molecule has 220 valence electrons. The Morgan fingerprint density at radius 3 is 2.63 bits per heavy atom. The van der Waals surface area contributed by atoms with Gasteiger partial charge in [-0.05, 0) is 80.3 Å². The first-order valence-corrected chi connectivity index (χ1v) is 15.1. The molecule has 3 fully saturated rings. The quantitative estimate of drug-likeness (QED) is 0.440. The summed E-state index contributed by atoms with van der Waals surface area (Å²) in [6.07, 6.45) is 4.98. The number of phenols is 1. The Kier molecular flexibility index (Phi) is 7.20. The molecule has 1 amide bonds. The van der Waals surface area contributed by atoms with Crippen molar-refractivity contribution < 1.29 is 24.2 Å². The Hall–Kier alpha value is -2.19. The molecule has 41 heavy (non-hydrogen) atoms. The third-order valence-corrected chi connectivity index (χ3v) is 11.0. The molecule has 7 nitrogen and oxygen atoms in total. The molecule has 2 heterocycles. The number of hydrogen-bond donors (Lipinski definition) is 1. The van der Waals surface area contributed by atoms with Gasteiger partial charge in [-0.3, -0.25) is 14.5 Å². The Morgan fingerprint density at radius 2 is 1.93 bits per heavy atom. The first-order chi connectivity index (χ1) is 19.1. The number of likely N-dealkylation sites (tertiary alicyclic amines) is 1. The van der Waals surface area contributed by atoms with Gasteiger partial charge in [0.1, 0.15) is 11.7 Å². The molecule has 2 aromatic carbocycles. The zero-order valence-corrected chi connectivity index (χ0v) is 25.5. The standard InChI is InChI=1S/C31H34Cl2N2O5.ClH/c1-17(36)40-31-10-9-23(34(2)26(38)14-19-5-7-21(32)22(33)13-19)29-30(31)11-12-35(16-18-3-4-18)25(31)15-20-6-8-24(37)28(39-29)27(20)30;/h5-8,13,18,23,25,29,37H,3-4,9-12,14-16H2,1-2H3;1H/t23-,25+,29-,30-,31+;/m0./s1. The van der Waals surface area contributed by atoms with Gasteiger partial charge in [-0.2, -0.15) is 0 Å². The summed E-state index contributed by atoms with van der Waals surface area (Å²) in [7, 11) is 1.83. The van der Waals surface area contributed by atoms with Gasteiger partial charge in [0.25, 0.3) is 0 Å². The predicted molar refractivity (Wildman–Crippen MR) is 158 cm³/mol. The lowest BCUT2D eigenvalue weighted by atomic mass is 9.48. The number of piperidine rings is 1. The van der Waals surface area contributed by atoms with Crippen molar-refractivity contribution in [2.75, 3.05) is 20.1 Å². The van der Waals surface area contributed by atoms with Crippen molar-refractivity contribution in [3.05, 3.63) is 57.1 Å². The summed E-state index contributed by atoms with van der Waals surface area (Å²) in [5.41, 5.74) is 1.49. The van der Waals surface area contributed by atoms with Crippen LogP contribution >= 0.6 is 35.6 Å². The maximum Gasteiger partial charge on any atom is 0.303 e. The third kappa shape index (κ3) is 4.25. The van der Waals surface area contributed by atoms with E-state index in [1.54, 1.807) is 23.1 Å². The number of halogens is 3. The molecule has 1 saturated heterocycles. The fourth-order valence-corrected chi connectivity index (χ4v) is 8.74. The largest absolute Gasteiger partial charge is 0.504 e. The van der Waals surface area contributed by atoms with Crippen LogP contribution in [0.4, 0.5) is 0 Å². The van der Waals surface area contributed by atoms with Crippen LogP contribution in [0.15, 0.2) is 30.3 Å². The fraction of sp³-hybridized carbons (Fsp3) is 0.548. The van der Waals surface area contributed by atoms with E-state index in [2.05, 4.69) is 4.90 Å². The summed E-state index contributed by atoms with van der Waals surface area (Å²) >= 11 is 12.3. The Labute approximate surface area is 256 Å². The van der Waals surface area contributed by atoms with Gasteiger partial charge in [-0.15, -0.1) is 12.4 Å². The minimum atomic E-state index is -0.785. The summed E-state index contributed by atoms with van der Waals surface area (Å²) < 4.78 is 13.2. The number of ether oxygens (including phenoxy) is 2. The van der Waals surface area contributed by atoms with Crippen LogP contribution in [0.5, 0.6) is 11.5 Å². The Morgan fingerprint density at radius 1 is 1.15 bits per heavy atom. The molecule has 0 aromatic heterocycles. The second-order valence-corrected chi connectivity index (χ2v) is 13.2. The second kappa shape index (κ2) is 10.2. The molecule has 5 aliphatic rings. The van der Waals surface area contributed by atoms with Crippen LogP contribution < -0.4 is 4.74 Å². The van der Waals surface area contributed by atoms with E-state index in [1.165, 1.54) is 19.8 Å². The van der Waals surface area contributed by atoms with E-state index in [1.807, 2.05) is 19.2 Å². The van der Waals surface area contributed by atoms with Gasteiger partial charge in [-0.25, -0.2) is 0 Å². The van der Waals surface area contributed by atoms with Gasteiger partial charge >= 0.3 is 5.97 Å². The van der Waals surface area contributed by atoms with Crippen LogP contribution in [-0.4, -0.2) is 70.7 Å². The van der Waals surface area contributed by atoms with Crippen LogP contribution in [0.3, 0.4) is 0 Å². The zero-order valence-electron chi connectivity index (χ0n) is 23.2. The van der Waals surface area contributed by atoms with Gasteiger partial charge in [0.05, 0.1) is 34.0 Å². The highest BCUT2D eigenvalue weighted by Crippen LogP contribution is 2.67. The minimum Gasteiger partial charge on any atom is -0.504 e. The SMILES string of the molecule is CC(=O)O[C@@]12CC[C@H](N(C)C(=O)Cc3ccc(Cl)c(Cl)c3)[C@@H]3Oc4c(O)ccc5c4[C@@]31CCN(CC1CC1)[C@@H]2C5.Cl. The Bertz CT molecular complexity index is 1420. The van der Waals surface area contributed by atoms with Gasteiger partial charge < -0.3 is 19.5 Å². The first kappa shape index (κ1) is 28.9. The van der Waals surface area contributed by atoms with E-state index >= 15 is 0 Å². The molecule has 0 unspecified atom stereocenters. The summed E-state index contributed by atoms with van der Waals surface area (Å²) in [4.78, 5) is 30.8. The lowest BCUT2D eigenvalue weighted by molar-refractivity contribution is -0.223. The van der Waals surface area contributed by atoms with Crippen molar-refractivity contribution >= 4 is 47.5 Å². The van der Waals surface area contributed by atoms with E-state index in [0.717, 1.165) is 42.6 Å². The zero-order chi connectivity index (χ0) is 28.0. The number of nitrogens with zero attached hydrogens (tertiary/aromatic N) is 2. The maximum absolute atomic E-state index is 13.7. The molecule has 2 aromatic rings. The molecule has 0 radical (unpaired) electrons. The second-order valence-electron chi connectivity index (χ2n) is 12.4. The number of carbonyl (C=O) groups excluding carboxylic acids is 2. The molecule has 5 atom stereocenters. The third-order valence-electron chi connectivity index (χ3n) is 10.2. The summed E-state index contributed by atoms with van der Waals surface area (Å²) in [5.74, 6) is 0.947. The number of hydrogen-bond acceptors (Lipinski definition) is 6. The number of carbonyl (C=O) groups is 2.